The third kappa shape index (κ3) is 3.99. The first-order valence-corrected chi connectivity index (χ1v) is 8.41. The Morgan fingerprint density at radius 2 is 2.20 bits per heavy atom. The number of rotatable bonds is 4. The molecule has 0 saturated carbocycles. The number of carbonyl (C=O) groups excluding carboxylic acids is 2. The number of hydrogen-bond donors (Lipinski definition) is 2. The molecule has 0 radical (unpaired) electrons. The molecule has 1 aromatic heterocycles. The highest BCUT2D eigenvalue weighted by Gasteiger charge is 2.34. The summed E-state index contributed by atoms with van der Waals surface area (Å²) < 4.78 is 5.28. The molecule has 0 aliphatic carbocycles. The van der Waals surface area contributed by atoms with E-state index in [-0.39, 0.29) is 18.0 Å². The van der Waals surface area contributed by atoms with Gasteiger partial charge in [0, 0.05) is 23.8 Å². The monoisotopic (exact) mass is 342 g/mol. The number of aromatic nitrogens is 1. The molecule has 0 spiro atoms. The van der Waals surface area contributed by atoms with E-state index in [9.17, 15) is 9.59 Å². The normalized spacial score (nSPS) is 16.9. The molecule has 1 saturated heterocycles. The van der Waals surface area contributed by atoms with Crippen LogP contribution in [-0.2, 0) is 4.79 Å². The van der Waals surface area contributed by atoms with E-state index in [1.807, 2.05) is 38.1 Å². The van der Waals surface area contributed by atoms with Crippen LogP contribution in [0.4, 0.5) is 10.5 Å². The van der Waals surface area contributed by atoms with Crippen LogP contribution in [0.2, 0.25) is 0 Å². The molecule has 7 heteroatoms. The lowest BCUT2D eigenvalue weighted by Crippen LogP contribution is -2.49. The Morgan fingerprint density at radius 3 is 2.92 bits per heavy atom. The molecule has 7 nitrogen and oxygen atoms in total. The molecule has 1 aliphatic heterocycles. The van der Waals surface area contributed by atoms with E-state index in [0.29, 0.717) is 24.4 Å². The average molecular weight is 342 g/mol. The minimum atomic E-state index is -0.451. The summed E-state index contributed by atoms with van der Waals surface area (Å²) >= 11 is 0. The third-order valence-corrected chi connectivity index (χ3v) is 4.08. The summed E-state index contributed by atoms with van der Waals surface area (Å²) in [7, 11) is 0. The molecule has 2 heterocycles. The molecule has 1 atom stereocenters. The first kappa shape index (κ1) is 17.0. The number of anilines is 1. The van der Waals surface area contributed by atoms with E-state index in [1.165, 1.54) is 6.39 Å². The van der Waals surface area contributed by atoms with Gasteiger partial charge in [-0.3, -0.25) is 4.79 Å². The van der Waals surface area contributed by atoms with Gasteiger partial charge in [0.05, 0.1) is 6.20 Å². The van der Waals surface area contributed by atoms with Crippen LogP contribution in [0.5, 0.6) is 0 Å². The van der Waals surface area contributed by atoms with Gasteiger partial charge in [0.25, 0.3) is 0 Å². The van der Waals surface area contributed by atoms with Crippen molar-refractivity contribution >= 4 is 17.6 Å². The van der Waals surface area contributed by atoms with Gasteiger partial charge >= 0.3 is 6.03 Å². The topological polar surface area (TPSA) is 87.5 Å². The van der Waals surface area contributed by atoms with Gasteiger partial charge in [-0.25, -0.2) is 9.78 Å². The SMILES string of the molecule is CC(C)NC(=O)N1CCC[C@H]1C(=O)Nc1cccc(-c2cnco2)c1. The van der Waals surface area contributed by atoms with Crippen LogP contribution in [-0.4, -0.2) is 40.5 Å². The second-order valence-corrected chi connectivity index (χ2v) is 6.39. The van der Waals surface area contributed by atoms with E-state index < -0.39 is 6.04 Å². The molecule has 2 N–H and O–H groups in total. The third-order valence-electron chi connectivity index (χ3n) is 4.08. The summed E-state index contributed by atoms with van der Waals surface area (Å²) in [6.07, 6.45) is 4.47. The fraction of sp³-hybridized carbons (Fsp3) is 0.389. The minimum absolute atomic E-state index is 0.0374. The molecule has 0 bridgehead atoms. The number of oxazole rings is 1. The van der Waals surface area contributed by atoms with Crippen molar-refractivity contribution in [2.45, 2.75) is 38.8 Å². The van der Waals surface area contributed by atoms with Gasteiger partial charge in [-0.1, -0.05) is 12.1 Å². The van der Waals surface area contributed by atoms with E-state index in [4.69, 9.17) is 4.42 Å². The van der Waals surface area contributed by atoms with Crippen LogP contribution < -0.4 is 10.6 Å². The van der Waals surface area contributed by atoms with Crippen LogP contribution in [0.25, 0.3) is 11.3 Å². The smallest absolute Gasteiger partial charge is 0.318 e. The molecule has 1 aliphatic rings. The van der Waals surface area contributed by atoms with Crippen molar-refractivity contribution < 1.29 is 14.0 Å². The van der Waals surface area contributed by atoms with E-state index in [2.05, 4.69) is 15.6 Å². The summed E-state index contributed by atoms with van der Waals surface area (Å²) in [6, 6.07) is 6.75. The maximum atomic E-state index is 12.6. The lowest BCUT2D eigenvalue weighted by Gasteiger charge is -2.25. The molecule has 2 aromatic rings. The Balaban J connectivity index is 1.69. The van der Waals surface area contributed by atoms with Crippen LogP contribution >= 0.6 is 0 Å². The number of urea groups is 1. The number of nitrogens with one attached hydrogen (secondary N) is 2. The fourth-order valence-electron chi connectivity index (χ4n) is 2.95. The van der Waals surface area contributed by atoms with Crippen molar-refractivity contribution in [3.63, 3.8) is 0 Å². The second-order valence-electron chi connectivity index (χ2n) is 6.39. The van der Waals surface area contributed by atoms with Gasteiger partial charge in [0.1, 0.15) is 6.04 Å². The first-order valence-electron chi connectivity index (χ1n) is 8.41. The maximum Gasteiger partial charge on any atom is 0.318 e. The summed E-state index contributed by atoms with van der Waals surface area (Å²) in [5.41, 5.74) is 1.49. The summed E-state index contributed by atoms with van der Waals surface area (Å²) in [4.78, 5) is 30.4. The predicted octanol–water partition coefficient (Wildman–Crippen LogP) is 2.86. The lowest BCUT2D eigenvalue weighted by atomic mass is 10.1. The van der Waals surface area contributed by atoms with Crippen molar-refractivity contribution in [3.8, 4) is 11.3 Å². The highest BCUT2D eigenvalue weighted by Crippen LogP contribution is 2.24. The number of benzene rings is 1. The Hall–Kier alpha value is -2.83. The van der Waals surface area contributed by atoms with Crippen molar-refractivity contribution in [2.75, 3.05) is 11.9 Å². The largest absolute Gasteiger partial charge is 0.444 e. The number of likely N-dealkylation sites (tertiary alicyclic amines) is 1. The highest BCUT2D eigenvalue weighted by molar-refractivity contribution is 5.97. The molecule has 1 fully saturated rings. The van der Waals surface area contributed by atoms with Crippen molar-refractivity contribution in [1.29, 1.82) is 0 Å². The number of carbonyl (C=O) groups is 2. The highest BCUT2D eigenvalue weighted by atomic mass is 16.3. The van der Waals surface area contributed by atoms with Crippen LogP contribution in [0.3, 0.4) is 0 Å². The molecule has 132 valence electrons. The van der Waals surface area contributed by atoms with Crippen molar-refractivity contribution in [2.24, 2.45) is 0 Å². The quantitative estimate of drug-likeness (QED) is 0.894. The van der Waals surface area contributed by atoms with Gasteiger partial charge in [0.2, 0.25) is 5.91 Å². The van der Waals surface area contributed by atoms with Crippen LogP contribution in [0.1, 0.15) is 26.7 Å². The maximum absolute atomic E-state index is 12.6. The number of nitrogens with zero attached hydrogens (tertiary/aromatic N) is 2. The molecule has 3 rings (SSSR count). The first-order chi connectivity index (χ1) is 12.0. The van der Waals surface area contributed by atoms with Crippen LogP contribution in [0.15, 0.2) is 41.3 Å². The van der Waals surface area contributed by atoms with Gasteiger partial charge in [-0.15, -0.1) is 0 Å². The van der Waals surface area contributed by atoms with Crippen molar-refractivity contribution in [3.05, 3.63) is 36.9 Å². The Kier molecular flexibility index (Phi) is 5.02. The van der Waals surface area contributed by atoms with Gasteiger partial charge in [0.15, 0.2) is 12.2 Å². The summed E-state index contributed by atoms with van der Waals surface area (Å²) in [5, 5.41) is 5.75. The number of hydrogen-bond acceptors (Lipinski definition) is 4. The summed E-state index contributed by atoms with van der Waals surface area (Å²) in [6.45, 7) is 4.39. The Morgan fingerprint density at radius 1 is 1.36 bits per heavy atom. The molecule has 1 aromatic carbocycles. The standard InChI is InChI=1S/C18H22N4O3/c1-12(2)20-18(24)22-8-4-7-15(22)17(23)21-14-6-3-5-13(9-14)16-10-19-11-25-16/h3,5-6,9-12,15H,4,7-8H2,1-2H3,(H,20,24)(H,21,23)/t15-/m0/s1. The fourth-order valence-corrected chi connectivity index (χ4v) is 2.95. The Labute approximate surface area is 146 Å². The average Bonchev–Trinajstić information content (AvgIpc) is 3.26. The summed E-state index contributed by atoms with van der Waals surface area (Å²) in [5.74, 6) is 0.459. The molecular formula is C18H22N4O3. The van der Waals surface area contributed by atoms with E-state index in [1.54, 1.807) is 11.1 Å². The second kappa shape index (κ2) is 7.38. The molecule has 3 amide bonds. The van der Waals surface area contributed by atoms with Crippen LogP contribution in [0, 0.1) is 0 Å². The van der Waals surface area contributed by atoms with E-state index >= 15 is 0 Å². The van der Waals surface area contributed by atoms with E-state index in [0.717, 1.165) is 12.0 Å². The zero-order valence-electron chi connectivity index (χ0n) is 14.4. The Bertz CT molecular complexity index is 743. The number of amides is 3. The zero-order chi connectivity index (χ0) is 17.8. The minimum Gasteiger partial charge on any atom is -0.444 e. The van der Waals surface area contributed by atoms with Gasteiger partial charge in [-0.05, 0) is 38.8 Å². The van der Waals surface area contributed by atoms with Gasteiger partial charge in [-0.2, -0.15) is 0 Å². The predicted molar refractivity (Wildman–Crippen MR) is 94.0 cm³/mol. The molecule has 0 unspecified atom stereocenters. The van der Waals surface area contributed by atoms with Gasteiger partial charge < -0.3 is 20.0 Å². The zero-order valence-corrected chi connectivity index (χ0v) is 14.4. The molecular weight excluding hydrogens is 320 g/mol. The molecule has 25 heavy (non-hydrogen) atoms. The van der Waals surface area contributed by atoms with Crippen molar-refractivity contribution in [1.82, 2.24) is 15.2 Å². The lowest BCUT2D eigenvalue weighted by molar-refractivity contribution is -0.119.